The number of thioether (sulfide) groups is 1. The molecule has 1 N–H and O–H groups in total. The number of benzene rings is 2. The van der Waals surface area contributed by atoms with Crippen LogP contribution in [0.2, 0.25) is 5.02 Å². The van der Waals surface area contributed by atoms with Gasteiger partial charge in [0.25, 0.3) is 5.91 Å². The molecule has 0 aliphatic carbocycles. The summed E-state index contributed by atoms with van der Waals surface area (Å²) in [5.41, 5.74) is 3.79. The summed E-state index contributed by atoms with van der Waals surface area (Å²) in [7, 11) is 0. The number of nitrogens with zero attached hydrogens (tertiary/aromatic N) is 4. The fraction of sp³-hybridized carbons (Fsp3) is 0.320. The zero-order valence-corrected chi connectivity index (χ0v) is 20.5. The van der Waals surface area contributed by atoms with Gasteiger partial charge in [-0.3, -0.25) is 4.79 Å². The van der Waals surface area contributed by atoms with Crippen LogP contribution in [0, 0.1) is 6.92 Å². The average Bonchev–Trinajstić information content (AvgIpc) is 2.83. The van der Waals surface area contributed by atoms with Gasteiger partial charge in [0.1, 0.15) is 5.82 Å². The number of hydrogen-bond donors (Lipinski definition) is 1. The predicted molar refractivity (Wildman–Crippen MR) is 137 cm³/mol. The van der Waals surface area contributed by atoms with E-state index in [1.54, 1.807) is 11.8 Å². The second-order valence-electron chi connectivity index (χ2n) is 7.92. The van der Waals surface area contributed by atoms with Crippen LogP contribution in [0.5, 0.6) is 0 Å². The quantitative estimate of drug-likeness (QED) is 0.386. The molecule has 6 nitrogen and oxygen atoms in total. The topological polar surface area (TPSA) is 61.4 Å². The standard InChI is InChI=1S/C25H28ClN5OS/c1-3-27-24(32)20-8-6-7-19(16-20)17-33-25-28-18(2)15-23(29-25)31-13-11-30(12-14-31)22-10-5-4-9-21(22)26/h4-10,15-16H,3,11-14,17H2,1-2H3,(H,27,32). The fourth-order valence-electron chi connectivity index (χ4n) is 3.85. The Bertz CT molecular complexity index is 1120. The normalized spacial score (nSPS) is 13.8. The van der Waals surface area contributed by atoms with Crippen molar-refractivity contribution in [1.82, 2.24) is 15.3 Å². The summed E-state index contributed by atoms with van der Waals surface area (Å²) >= 11 is 7.97. The monoisotopic (exact) mass is 481 g/mol. The first-order valence-electron chi connectivity index (χ1n) is 11.1. The van der Waals surface area contributed by atoms with Crippen molar-refractivity contribution < 1.29 is 4.79 Å². The van der Waals surface area contributed by atoms with E-state index >= 15 is 0 Å². The molecule has 1 amide bonds. The Kier molecular flexibility index (Phi) is 7.73. The Morgan fingerprint density at radius 3 is 2.55 bits per heavy atom. The summed E-state index contributed by atoms with van der Waals surface area (Å²) in [6.07, 6.45) is 0. The number of halogens is 1. The molecule has 0 bridgehead atoms. The van der Waals surface area contributed by atoms with Gasteiger partial charge in [-0.05, 0) is 43.7 Å². The number of piperazine rings is 1. The number of aromatic nitrogens is 2. The summed E-state index contributed by atoms with van der Waals surface area (Å²) < 4.78 is 0. The van der Waals surface area contributed by atoms with Crippen molar-refractivity contribution in [2.45, 2.75) is 24.8 Å². The molecular formula is C25H28ClN5OS. The first-order valence-corrected chi connectivity index (χ1v) is 12.5. The maximum atomic E-state index is 12.1. The summed E-state index contributed by atoms with van der Waals surface area (Å²) in [6.45, 7) is 8.07. The average molecular weight is 482 g/mol. The lowest BCUT2D eigenvalue weighted by atomic mass is 10.1. The molecule has 3 aromatic rings. The molecule has 0 saturated carbocycles. The molecule has 8 heteroatoms. The third-order valence-corrected chi connectivity index (χ3v) is 6.75. The second-order valence-corrected chi connectivity index (χ2v) is 9.27. The number of para-hydroxylation sites is 1. The van der Waals surface area contributed by atoms with E-state index in [0.29, 0.717) is 17.9 Å². The number of hydrogen-bond acceptors (Lipinski definition) is 6. The van der Waals surface area contributed by atoms with Crippen molar-refractivity contribution in [1.29, 1.82) is 0 Å². The number of carbonyl (C=O) groups excluding carboxylic acids is 1. The minimum Gasteiger partial charge on any atom is -0.367 e. The largest absolute Gasteiger partial charge is 0.367 e. The smallest absolute Gasteiger partial charge is 0.251 e. The molecule has 1 aliphatic rings. The van der Waals surface area contributed by atoms with Gasteiger partial charge in [-0.2, -0.15) is 0 Å². The lowest BCUT2D eigenvalue weighted by molar-refractivity contribution is 0.0955. The van der Waals surface area contributed by atoms with E-state index < -0.39 is 0 Å². The first-order chi connectivity index (χ1) is 16.0. The van der Waals surface area contributed by atoms with Gasteiger partial charge in [-0.1, -0.05) is 47.6 Å². The highest BCUT2D eigenvalue weighted by atomic mass is 35.5. The van der Waals surface area contributed by atoms with Gasteiger partial charge in [0.05, 0.1) is 10.7 Å². The Balaban J connectivity index is 1.40. The Morgan fingerprint density at radius 1 is 1.03 bits per heavy atom. The molecule has 172 valence electrons. The Hall–Kier alpha value is -2.77. The molecule has 0 atom stereocenters. The summed E-state index contributed by atoms with van der Waals surface area (Å²) in [6, 6.07) is 17.8. The van der Waals surface area contributed by atoms with E-state index in [2.05, 4.69) is 26.2 Å². The van der Waals surface area contributed by atoms with Crippen LogP contribution in [0.1, 0.15) is 28.5 Å². The number of anilines is 2. The van der Waals surface area contributed by atoms with Crippen molar-refractivity contribution >= 4 is 40.8 Å². The Morgan fingerprint density at radius 2 is 1.79 bits per heavy atom. The van der Waals surface area contributed by atoms with Crippen LogP contribution in [0.3, 0.4) is 0 Å². The molecular weight excluding hydrogens is 454 g/mol. The van der Waals surface area contributed by atoms with Crippen LogP contribution in [0.4, 0.5) is 11.5 Å². The van der Waals surface area contributed by atoms with Gasteiger partial charge in [-0.25, -0.2) is 9.97 Å². The second kappa shape index (κ2) is 10.9. The molecule has 1 fully saturated rings. The minimum absolute atomic E-state index is 0.0469. The Labute approximate surface area is 204 Å². The van der Waals surface area contributed by atoms with Crippen LogP contribution in [-0.2, 0) is 5.75 Å². The summed E-state index contributed by atoms with van der Waals surface area (Å²) in [5, 5.41) is 4.39. The van der Waals surface area contributed by atoms with Gasteiger partial charge in [0, 0.05) is 55.8 Å². The predicted octanol–water partition coefficient (Wildman–Crippen LogP) is 4.81. The van der Waals surface area contributed by atoms with Gasteiger partial charge in [-0.15, -0.1) is 0 Å². The van der Waals surface area contributed by atoms with Crippen LogP contribution in [-0.4, -0.2) is 48.6 Å². The number of aryl methyl sites for hydroxylation is 1. The molecule has 1 aromatic heterocycles. The van der Waals surface area contributed by atoms with Crippen molar-refractivity contribution in [2.75, 3.05) is 42.5 Å². The van der Waals surface area contributed by atoms with E-state index in [-0.39, 0.29) is 5.91 Å². The van der Waals surface area contributed by atoms with Crippen molar-refractivity contribution in [2.24, 2.45) is 0 Å². The molecule has 2 heterocycles. The SMILES string of the molecule is CCNC(=O)c1cccc(CSc2nc(C)cc(N3CCN(c4ccccc4Cl)CC3)n2)c1. The van der Waals surface area contributed by atoms with Gasteiger partial charge in [0.15, 0.2) is 5.16 Å². The van der Waals surface area contributed by atoms with Crippen molar-refractivity contribution in [3.8, 4) is 0 Å². The highest BCUT2D eigenvalue weighted by molar-refractivity contribution is 7.98. The third kappa shape index (κ3) is 5.97. The highest BCUT2D eigenvalue weighted by Crippen LogP contribution is 2.28. The van der Waals surface area contributed by atoms with E-state index in [0.717, 1.165) is 59.1 Å². The van der Waals surface area contributed by atoms with E-state index in [1.807, 2.05) is 62.4 Å². The maximum absolute atomic E-state index is 12.1. The molecule has 33 heavy (non-hydrogen) atoms. The third-order valence-electron chi connectivity index (χ3n) is 5.51. The summed E-state index contributed by atoms with van der Waals surface area (Å²) in [5.74, 6) is 1.62. The maximum Gasteiger partial charge on any atom is 0.251 e. The van der Waals surface area contributed by atoms with Crippen molar-refractivity contribution in [3.63, 3.8) is 0 Å². The van der Waals surface area contributed by atoms with Crippen LogP contribution in [0.15, 0.2) is 59.8 Å². The summed E-state index contributed by atoms with van der Waals surface area (Å²) in [4.78, 5) is 26.2. The van der Waals surface area contributed by atoms with E-state index in [1.165, 1.54) is 0 Å². The molecule has 1 aliphatic heterocycles. The van der Waals surface area contributed by atoms with Crippen LogP contribution < -0.4 is 15.1 Å². The van der Waals surface area contributed by atoms with E-state index in [4.69, 9.17) is 16.6 Å². The van der Waals surface area contributed by atoms with Gasteiger partial charge < -0.3 is 15.1 Å². The molecule has 4 rings (SSSR count). The fourth-order valence-corrected chi connectivity index (χ4v) is 4.95. The van der Waals surface area contributed by atoms with Crippen LogP contribution >= 0.6 is 23.4 Å². The number of rotatable bonds is 7. The lowest BCUT2D eigenvalue weighted by Crippen LogP contribution is -2.47. The zero-order valence-electron chi connectivity index (χ0n) is 18.9. The molecule has 0 unspecified atom stereocenters. The van der Waals surface area contributed by atoms with Gasteiger partial charge in [0.2, 0.25) is 0 Å². The molecule has 0 spiro atoms. The number of amides is 1. The van der Waals surface area contributed by atoms with Gasteiger partial charge >= 0.3 is 0 Å². The number of nitrogens with one attached hydrogen (secondary N) is 1. The number of carbonyl (C=O) groups is 1. The van der Waals surface area contributed by atoms with Crippen LogP contribution in [0.25, 0.3) is 0 Å². The van der Waals surface area contributed by atoms with Crippen molar-refractivity contribution in [3.05, 3.63) is 76.4 Å². The molecule has 0 radical (unpaired) electrons. The molecule has 1 saturated heterocycles. The minimum atomic E-state index is -0.0469. The molecule has 2 aromatic carbocycles. The zero-order chi connectivity index (χ0) is 23.2. The first kappa shape index (κ1) is 23.4. The lowest BCUT2D eigenvalue weighted by Gasteiger charge is -2.37. The van der Waals surface area contributed by atoms with E-state index in [9.17, 15) is 4.79 Å². The highest BCUT2D eigenvalue weighted by Gasteiger charge is 2.20.